The number of nitrogens with one attached hydrogen (secondary N) is 1. The van der Waals surface area contributed by atoms with Crippen LogP contribution < -0.4 is 10.1 Å². The van der Waals surface area contributed by atoms with Gasteiger partial charge in [-0.2, -0.15) is 15.0 Å². The predicted molar refractivity (Wildman–Crippen MR) is 82.3 cm³/mol. The number of nitrogens with zero attached hydrogens (tertiary/aromatic N) is 3. The maximum atomic E-state index is 5.89. The second-order valence-corrected chi connectivity index (χ2v) is 5.93. The average Bonchev–Trinajstić information content (AvgIpc) is 2.35. The van der Waals surface area contributed by atoms with Crippen molar-refractivity contribution in [1.29, 1.82) is 0 Å². The molecule has 0 radical (unpaired) electrons. The fraction of sp³-hybridized carbons (Fsp3) is 0.786. The van der Waals surface area contributed by atoms with Crippen LogP contribution in [0.25, 0.3) is 0 Å². The van der Waals surface area contributed by atoms with Crippen molar-refractivity contribution in [3.63, 3.8) is 0 Å². The highest BCUT2D eigenvalue weighted by Gasteiger charge is 2.18. The van der Waals surface area contributed by atoms with Gasteiger partial charge in [0, 0.05) is 6.54 Å². The quantitative estimate of drug-likeness (QED) is 0.794. The molecule has 1 aromatic rings. The Morgan fingerprint density at radius 2 is 1.75 bits per heavy atom. The summed E-state index contributed by atoms with van der Waals surface area (Å²) in [6.45, 7) is 12.3. The molecular weight excluding hydrogens is 276 g/mol. The molecule has 0 saturated heterocycles. The smallest absolute Gasteiger partial charge is 0.322 e. The summed E-state index contributed by atoms with van der Waals surface area (Å²) in [5.41, 5.74) is 0. The standard InChI is InChI=1S/C14H25ClN4O/c1-6-7-20-14-18-12(15)17-13(19-14)16-8-11(9(2)3)10(4)5/h9-11H,6-8H2,1-5H3,(H,16,17,18,19). The number of rotatable bonds is 8. The Labute approximate surface area is 126 Å². The van der Waals surface area contributed by atoms with E-state index < -0.39 is 0 Å². The van der Waals surface area contributed by atoms with Crippen LogP contribution >= 0.6 is 11.6 Å². The lowest BCUT2D eigenvalue weighted by Crippen LogP contribution is -2.25. The molecule has 0 amide bonds. The number of hydrogen-bond donors (Lipinski definition) is 1. The van der Waals surface area contributed by atoms with Gasteiger partial charge in [0.25, 0.3) is 0 Å². The maximum Gasteiger partial charge on any atom is 0.322 e. The molecule has 0 aliphatic carbocycles. The van der Waals surface area contributed by atoms with Gasteiger partial charge in [-0.05, 0) is 35.8 Å². The van der Waals surface area contributed by atoms with E-state index in [9.17, 15) is 0 Å². The molecule has 0 unspecified atom stereocenters. The van der Waals surface area contributed by atoms with Crippen molar-refractivity contribution in [3.8, 4) is 6.01 Å². The van der Waals surface area contributed by atoms with Crippen LogP contribution in [0.4, 0.5) is 5.95 Å². The van der Waals surface area contributed by atoms with E-state index in [1.807, 2.05) is 6.92 Å². The highest BCUT2D eigenvalue weighted by atomic mass is 35.5. The Hall–Kier alpha value is -1.10. The van der Waals surface area contributed by atoms with E-state index in [1.54, 1.807) is 0 Å². The Bertz CT molecular complexity index is 404. The van der Waals surface area contributed by atoms with Crippen LogP contribution in [-0.4, -0.2) is 28.1 Å². The fourth-order valence-electron chi connectivity index (χ4n) is 2.12. The van der Waals surface area contributed by atoms with Crippen LogP contribution in [0.5, 0.6) is 6.01 Å². The highest BCUT2D eigenvalue weighted by Crippen LogP contribution is 2.21. The lowest BCUT2D eigenvalue weighted by Gasteiger charge is -2.25. The van der Waals surface area contributed by atoms with Gasteiger partial charge < -0.3 is 10.1 Å². The fourth-order valence-corrected chi connectivity index (χ4v) is 2.27. The molecule has 0 bridgehead atoms. The third-order valence-corrected chi connectivity index (χ3v) is 3.40. The molecule has 0 aromatic carbocycles. The Balaban J connectivity index is 2.69. The number of halogens is 1. The second kappa shape index (κ2) is 8.25. The number of ether oxygens (including phenoxy) is 1. The summed E-state index contributed by atoms with van der Waals surface area (Å²) in [5, 5.41) is 3.39. The molecule has 0 saturated carbocycles. The third-order valence-electron chi connectivity index (χ3n) is 3.23. The first-order valence-electron chi connectivity index (χ1n) is 7.22. The summed E-state index contributed by atoms with van der Waals surface area (Å²) in [4.78, 5) is 12.3. The molecule has 0 aliphatic rings. The van der Waals surface area contributed by atoms with Gasteiger partial charge in [0.05, 0.1) is 6.61 Å². The molecule has 114 valence electrons. The number of hydrogen-bond acceptors (Lipinski definition) is 5. The molecule has 1 aromatic heterocycles. The van der Waals surface area contributed by atoms with Gasteiger partial charge in [-0.15, -0.1) is 0 Å². The highest BCUT2D eigenvalue weighted by molar-refractivity contribution is 6.28. The van der Waals surface area contributed by atoms with E-state index in [4.69, 9.17) is 16.3 Å². The van der Waals surface area contributed by atoms with Crippen LogP contribution in [0, 0.1) is 17.8 Å². The van der Waals surface area contributed by atoms with Crippen molar-refractivity contribution in [2.24, 2.45) is 17.8 Å². The molecule has 0 fully saturated rings. The van der Waals surface area contributed by atoms with Gasteiger partial charge >= 0.3 is 6.01 Å². The summed E-state index contributed by atoms with van der Waals surface area (Å²) < 4.78 is 5.39. The zero-order chi connectivity index (χ0) is 15.1. The maximum absolute atomic E-state index is 5.89. The first kappa shape index (κ1) is 17.0. The molecule has 0 aliphatic heterocycles. The van der Waals surface area contributed by atoms with Crippen LogP contribution in [0.3, 0.4) is 0 Å². The third kappa shape index (κ3) is 5.49. The molecule has 5 nitrogen and oxygen atoms in total. The molecule has 0 atom stereocenters. The van der Waals surface area contributed by atoms with E-state index in [-0.39, 0.29) is 11.3 Å². The zero-order valence-corrected chi connectivity index (χ0v) is 13.7. The Morgan fingerprint density at radius 1 is 1.10 bits per heavy atom. The van der Waals surface area contributed by atoms with Crippen molar-refractivity contribution < 1.29 is 4.74 Å². The SMILES string of the molecule is CCCOc1nc(Cl)nc(NCC(C(C)C)C(C)C)n1. The van der Waals surface area contributed by atoms with Crippen LogP contribution in [0.1, 0.15) is 41.0 Å². The lowest BCUT2D eigenvalue weighted by atomic mass is 9.85. The summed E-state index contributed by atoms with van der Waals surface area (Å²) in [5.74, 6) is 2.21. The number of aromatic nitrogens is 3. The van der Waals surface area contributed by atoms with E-state index in [0.29, 0.717) is 30.3 Å². The first-order chi connectivity index (χ1) is 9.43. The van der Waals surface area contributed by atoms with Gasteiger partial charge in [0.2, 0.25) is 11.2 Å². The largest absolute Gasteiger partial charge is 0.463 e. The van der Waals surface area contributed by atoms with Gasteiger partial charge in [-0.1, -0.05) is 34.6 Å². The number of anilines is 1. The predicted octanol–water partition coefficient (Wildman–Crippen LogP) is 3.65. The monoisotopic (exact) mass is 300 g/mol. The minimum Gasteiger partial charge on any atom is -0.463 e. The average molecular weight is 301 g/mol. The zero-order valence-electron chi connectivity index (χ0n) is 13.0. The summed E-state index contributed by atoms with van der Waals surface area (Å²) in [7, 11) is 0. The van der Waals surface area contributed by atoms with Crippen molar-refractivity contribution in [2.45, 2.75) is 41.0 Å². The summed E-state index contributed by atoms with van der Waals surface area (Å²) in [6, 6.07) is 0.278. The van der Waals surface area contributed by atoms with Gasteiger partial charge in [0.15, 0.2) is 0 Å². The minimum absolute atomic E-state index is 0.152. The van der Waals surface area contributed by atoms with E-state index >= 15 is 0 Å². The molecule has 1 rings (SSSR count). The van der Waals surface area contributed by atoms with Crippen molar-refractivity contribution in [3.05, 3.63) is 5.28 Å². The molecule has 6 heteroatoms. The first-order valence-corrected chi connectivity index (χ1v) is 7.60. The van der Waals surface area contributed by atoms with Gasteiger partial charge in [-0.25, -0.2) is 0 Å². The normalized spacial score (nSPS) is 11.4. The molecule has 1 N–H and O–H groups in total. The molecule has 1 heterocycles. The van der Waals surface area contributed by atoms with E-state index in [2.05, 4.69) is 48.0 Å². The Kier molecular flexibility index (Phi) is 6.99. The summed E-state index contributed by atoms with van der Waals surface area (Å²) >= 11 is 5.89. The van der Waals surface area contributed by atoms with Gasteiger partial charge in [-0.3, -0.25) is 0 Å². The summed E-state index contributed by atoms with van der Waals surface area (Å²) in [6.07, 6.45) is 0.898. The van der Waals surface area contributed by atoms with E-state index in [1.165, 1.54) is 0 Å². The van der Waals surface area contributed by atoms with E-state index in [0.717, 1.165) is 13.0 Å². The molecule has 0 spiro atoms. The van der Waals surface area contributed by atoms with Crippen LogP contribution in [-0.2, 0) is 0 Å². The van der Waals surface area contributed by atoms with Crippen molar-refractivity contribution >= 4 is 17.5 Å². The van der Waals surface area contributed by atoms with Crippen LogP contribution in [0.2, 0.25) is 5.28 Å². The van der Waals surface area contributed by atoms with Gasteiger partial charge in [0.1, 0.15) is 0 Å². The van der Waals surface area contributed by atoms with Crippen LogP contribution in [0.15, 0.2) is 0 Å². The molecular formula is C14H25ClN4O. The lowest BCUT2D eigenvalue weighted by molar-refractivity contribution is 0.290. The minimum atomic E-state index is 0.152. The topological polar surface area (TPSA) is 59.9 Å². The van der Waals surface area contributed by atoms with Crippen molar-refractivity contribution in [2.75, 3.05) is 18.5 Å². The second-order valence-electron chi connectivity index (χ2n) is 5.59. The van der Waals surface area contributed by atoms with Crippen molar-refractivity contribution in [1.82, 2.24) is 15.0 Å². The Morgan fingerprint density at radius 3 is 2.30 bits per heavy atom. The molecule has 20 heavy (non-hydrogen) atoms.